The van der Waals surface area contributed by atoms with Crippen LogP contribution in [0.1, 0.15) is 0 Å². The van der Waals surface area contributed by atoms with Gasteiger partial charge in [-0.25, -0.2) is 4.39 Å². The summed E-state index contributed by atoms with van der Waals surface area (Å²) in [4.78, 5) is 0. The van der Waals surface area contributed by atoms with E-state index in [1.165, 1.54) is 12.1 Å². The normalized spacial score (nSPS) is 12.0. The molecule has 0 heterocycles. The second-order valence-corrected chi connectivity index (χ2v) is 6.20. The quantitative estimate of drug-likeness (QED) is 0.738. The van der Waals surface area contributed by atoms with Crippen LogP contribution in [0.5, 0.6) is 5.75 Å². The third kappa shape index (κ3) is 5.30. The molecule has 2 aromatic carbocycles. The minimum absolute atomic E-state index is 0.169. The first-order valence-corrected chi connectivity index (χ1v) is 7.88. The molecule has 0 saturated carbocycles. The lowest BCUT2D eigenvalue weighted by Crippen LogP contribution is -2.26. The topological polar surface area (TPSA) is 41.5 Å². The molecule has 0 radical (unpaired) electrons. The van der Waals surface area contributed by atoms with Gasteiger partial charge < -0.3 is 15.2 Å². The molecule has 0 bridgehead atoms. The lowest BCUT2D eigenvalue weighted by atomic mass is 10.3. The molecule has 0 spiro atoms. The highest BCUT2D eigenvalue weighted by atomic mass is 79.9. The van der Waals surface area contributed by atoms with E-state index in [4.69, 9.17) is 4.74 Å². The van der Waals surface area contributed by atoms with Gasteiger partial charge in [0.15, 0.2) is 0 Å². The summed E-state index contributed by atoms with van der Waals surface area (Å²) in [6.07, 6.45) is -0.680. The lowest BCUT2D eigenvalue weighted by Gasteiger charge is -2.15. The van der Waals surface area contributed by atoms with Crippen LogP contribution in [-0.2, 0) is 0 Å². The summed E-state index contributed by atoms with van der Waals surface area (Å²) >= 11 is 6.61. The predicted molar refractivity (Wildman–Crippen MR) is 88.2 cm³/mol. The number of anilines is 1. The maximum absolute atomic E-state index is 13.0. The van der Waals surface area contributed by atoms with Crippen molar-refractivity contribution in [2.75, 3.05) is 18.5 Å². The molecule has 0 aliphatic carbocycles. The van der Waals surface area contributed by atoms with Crippen LogP contribution in [0.2, 0.25) is 0 Å². The summed E-state index contributed by atoms with van der Waals surface area (Å²) in [5, 5.41) is 12.9. The van der Waals surface area contributed by atoms with Crippen molar-refractivity contribution in [2.45, 2.75) is 6.10 Å². The van der Waals surface area contributed by atoms with E-state index in [0.717, 1.165) is 10.2 Å². The van der Waals surface area contributed by atoms with E-state index < -0.39 is 6.10 Å². The maximum atomic E-state index is 13.0. The van der Waals surface area contributed by atoms with Gasteiger partial charge in [0.2, 0.25) is 0 Å². The minimum Gasteiger partial charge on any atom is -0.491 e. The highest BCUT2D eigenvalue weighted by molar-refractivity contribution is 9.10. The van der Waals surface area contributed by atoms with Crippen LogP contribution in [0.4, 0.5) is 10.1 Å². The Morgan fingerprint density at radius 2 is 2.00 bits per heavy atom. The summed E-state index contributed by atoms with van der Waals surface area (Å²) in [6, 6.07) is 11.8. The Morgan fingerprint density at radius 3 is 2.71 bits per heavy atom. The van der Waals surface area contributed by atoms with Crippen LogP contribution >= 0.6 is 31.9 Å². The van der Waals surface area contributed by atoms with Crippen LogP contribution in [0, 0.1) is 5.82 Å². The fourth-order valence-electron chi connectivity index (χ4n) is 1.67. The van der Waals surface area contributed by atoms with Gasteiger partial charge in [0.1, 0.15) is 24.3 Å². The van der Waals surface area contributed by atoms with Gasteiger partial charge >= 0.3 is 0 Å². The molecule has 0 aliphatic heterocycles. The van der Waals surface area contributed by atoms with Gasteiger partial charge in [0.05, 0.1) is 0 Å². The van der Waals surface area contributed by atoms with Crippen molar-refractivity contribution in [1.29, 1.82) is 0 Å². The highest BCUT2D eigenvalue weighted by Crippen LogP contribution is 2.23. The number of aliphatic hydroxyl groups excluding tert-OH is 1. The Labute approximate surface area is 139 Å². The van der Waals surface area contributed by atoms with E-state index >= 15 is 0 Å². The van der Waals surface area contributed by atoms with E-state index in [1.807, 2.05) is 24.3 Å². The molecule has 6 heteroatoms. The minimum atomic E-state index is -0.680. The van der Waals surface area contributed by atoms with Crippen molar-refractivity contribution in [3.63, 3.8) is 0 Å². The number of nitrogens with one attached hydrogen (secondary N) is 1. The Morgan fingerprint density at radius 1 is 1.19 bits per heavy atom. The summed E-state index contributed by atoms with van der Waals surface area (Å²) in [5.74, 6) is 0.373. The van der Waals surface area contributed by atoms with Gasteiger partial charge in [-0.1, -0.05) is 22.0 Å². The standard InChI is InChI=1S/C15H14Br2FNO2/c16-10-2-1-3-13(6-10)21-9-12(20)8-19-15-5-4-11(18)7-14(15)17/h1-7,12,19-20H,8-9H2. The van der Waals surface area contributed by atoms with Gasteiger partial charge in [0.25, 0.3) is 0 Å². The molecule has 0 aromatic heterocycles. The smallest absolute Gasteiger partial charge is 0.124 e. The molecule has 0 aliphatic rings. The summed E-state index contributed by atoms with van der Waals surface area (Å²) in [5.41, 5.74) is 0.720. The molecule has 1 unspecified atom stereocenters. The zero-order valence-corrected chi connectivity index (χ0v) is 14.2. The fraction of sp³-hybridized carbons (Fsp3) is 0.200. The van der Waals surface area contributed by atoms with E-state index in [0.29, 0.717) is 16.8 Å². The van der Waals surface area contributed by atoms with Crippen LogP contribution in [0.3, 0.4) is 0 Å². The third-order valence-electron chi connectivity index (χ3n) is 2.70. The van der Waals surface area contributed by atoms with Crippen molar-refractivity contribution < 1.29 is 14.2 Å². The van der Waals surface area contributed by atoms with E-state index in [-0.39, 0.29) is 12.4 Å². The average Bonchev–Trinajstić information content (AvgIpc) is 2.44. The van der Waals surface area contributed by atoms with Crippen molar-refractivity contribution >= 4 is 37.5 Å². The van der Waals surface area contributed by atoms with Crippen LogP contribution in [-0.4, -0.2) is 24.4 Å². The van der Waals surface area contributed by atoms with Gasteiger partial charge in [-0.05, 0) is 52.3 Å². The number of benzene rings is 2. The average molecular weight is 419 g/mol. The molecule has 3 nitrogen and oxygen atoms in total. The summed E-state index contributed by atoms with van der Waals surface area (Å²) in [6.45, 7) is 0.473. The Balaban J connectivity index is 1.80. The second-order valence-electron chi connectivity index (χ2n) is 4.43. The zero-order chi connectivity index (χ0) is 15.2. The monoisotopic (exact) mass is 417 g/mol. The van der Waals surface area contributed by atoms with Crippen LogP contribution < -0.4 is 10.1 Å². The third-order valence-corrected chi connectivity index (χ3v) is 3.85. The van der Waals surface area contributed by atoms with Gasteiger partial charge in [-0.3, -0.25) is 0 Å². The van der Waals surface area contributed by atoms with Crippen molar-refractivity contribution in [3.05, 3.63) is 57.2 Å². The van der Waals surface area contributed by atoms with Crippen molar-refractivity contribution in [2.24, 2.45) is 0 Å². The van der Waals surface area contributed by atoms with Crippen LogP contribution in [0.15, 0.2) is 51.4 Å². The number of rotatable bonds is 6. The van der Waals surface area contributed by atoms with E-state index in [1.54, 1.807) is 6.07 Å². The van der Waals surface area contributed by atoms with Crippen molar-refractivity contribution in [3.8, 4) is 5.75 Å². The number of halogens is 3. The first kappa shape index (κ1) is 16.3. The van der Waals surface area contributed by atoms with Gasteiger partial charge in [-0.15, -0.1) is 0 Å². The number of ether oxygens (including phenoxy) is 1. The molecule has 2 aromatic rings. The van der Waals surface area contributed by atoms with E-state index in [2.05, 4.69) is 37.2 Å². The molecular weight excluding hydrogens is 405 g/mol. The van der Waals surface area contributed by atoms with E-state index in [9.17, 15) is 9.50 Å². The molecule has 2 N–H and O–H groups in total. The SMILES string of the molecule is OC(CNc1ccc(F)cc1Br)COc1cccc(Br)c1. The number of aliphatic hydroxyl groups is 1. The molecule has 112 valence electrons. The molecule has 21 heavy (non-hydrogen) atoms. The fourth-order valence-corrected chi connectivity index (χ4v) is 2.54. The summed E-state index contributed by atoms with van der Waals surface area (Å²) in [7, 11) is 0. The molecule has 0 saturated heterocycles. The highest BCUT2D eigenvalue weighted by Gasteiger charge is 2.07. The lowest BCUT2D eigenvalue weighted by molar-refractivity contribution is 0.117. The largest absolute Gasteiger partial charge is 0.491 e. The Kier molecular flexibility index (Phi) is 6.02. The van der Waals surface area contributed by atoms with Gasteiger partial charge in [-0.2, -0.15) is 0 Å². The summed E-state index contributed by atoms with van der Waals surface area (Å²) < 4.78 is 20.0. The van der Waals surface area contributed by atoms with Crippen LogP contribution in [0.25, 0.3) is 0 Å². The first-order valence-electron chi connectivity index (χ1n) is 6.30. The first-order chi connectivity index (χ1) is 10.0. The maximum Gasteiger partial charge on any atom is 0.124 e. The van der Waals surface area contributed by atoms with Gasteiger partial charge in [0, 0.05) is 21.2 Å². The number of hydrogen-bond donors (Lipinski definition) is 2. The molecule has 2 rings (SSSR count). The van der Waals surface area contributed by atoms with Crippen molar-refractivity contribution in [1.82, 2.24) is 0 Å². The molecule has 0 fully saturated rings. The Hall–Kier alpha value is -1.11. The molecular formula is C15H14Br2FNO2. The zero-order valence-electron chi connectivity index (χ0n) is 11.0. The molecule has 0 amide bonds. The Bertz CT molecular complexity index is 610. The second kappa shape index (κ2) is 7.77. The molecule has 1 atom stereocenters. The number of hydrogen-bond acceptors (Lipinski definition) is 3. The predicted octanol–water partition coefficient (Wildman–Crippen LogP) is 4.20.